The molecule has 0 radical (unpaired) electrons. The Kier molecular flexibility index (Phi) is 12.1. The van der Waals surface area contributed by atoms with Crippen LogP contribution in [0, 0.1) is 0 Å². The monoisotopic (exact) mass is 392 g/mol. The van der Waals surface area contributed by atoms with E-state index < -0.39 is 10.0 Å². The lowest BCUT2D eigenvalue weighted by Gasteiger charge is -2.21. The second kappa shape index (κ2) is 10.8. The first-order valence-electron chi connectivity index (χ1n) is 5.90. The van der Waals surface area contributed by atoms with Gasteiger partial charge in [0.15, 0.2) is 5.96 Å². The molecule has 0 aliphatic rings. The number of guanidine groups is 1. The van der Waals surface area contributed by atoms with Crippen molar-refractivity contribution in [2.75, 3.05) is 32.4 Å². The molecule has 8 heteroatoms. The van der Waals surface area contributed by atoms with E-state index in [1.54, 1.807) is 0 Å². The molecule has 0 aromatic heterocycles. The molecule has 0 spiro atoms. The van der Waals surface area contributed by atoms with E-state index in [0.29, 0.717) is 0 Å². The molecule has 18 heavy (non-hydrogen) atoms. The van der Waals surface area contributed by atoms with Crippen molar-refractivity contribution in [3.63, 3.8) is 0 Å². The molecule has 0 bridgehead atoms. The second-order valence-corrected chi connectivity index (χ2v) is 5.61. The molecule has 0 unspecified atom stereocenters. The average Bonchev–Trinajstić information content (AvgIpc) is 2.23. The zero-order valence-electron chi connectivity index (χ0n) is 11.3. The molecule has 0 amide bonds. The van der Waals surface area contributed by atoms with Gasteiger partial charge in [-0.2, -0.15) is 0 Å². The molecule has 0 aromatic carbocycles. The average molecular weight is 392 g/mol. The molecule has 0 fully saturated rings. The Morgan fingerprint density at radius 3 is 2.44 bits per heavy atom. The molecule has 6 nitrogen and oxygen atoms in total. The largest absolute Gasteiger partial charge is 0.357 e. The lowest BCUT2D eigenvalue weighted by Crippen LogP contribution is -2.39. The summed E-state index contributed by atoms with van der Waals surface area (Å²) in [4.78, 5) is 6.22. The first kappa shape index (κ1) is 20.2. The number of nitrogens with two attached hydrogens (primary N) is 1. The number of primary sulfonamides is 1. The van der Waals surface area contributed by atoms with Crippen LogP contribution in [0.2, 0.25) is 0 Å². The van der Waals surface area contributed by atoms with Crippen molar-refractivity contribution in [1.29, 1.82) is 0 Å². The first-order chi connectivity index (χ1) is 7.90. The highest BCUT2D eigenvalue weighted by Crippen LogP contribution is 1.93. The zero-order chi connectivity index (χ0) is 13.3. The standard InChI is InChI=1S/C10H24N4O2S.HI/c1-4-6-8-14(3)10(12-5-2)13-7-9-17(11,15)16;/h4-9H2,1-3H3,(H,12,13)(H2,11,15,16);1H. The Hall–Kier alpha value is -0.0900. The Bertz CT molecular complexity index is 333. The Morgan fingerprint density at radius 2 is 2.00 bits per heavy atom. The topological polar surface area (TPSA) is 87.8 Å². The summed E-state index contributed by atoms with van der Waals surface area (Å²) in [6.45, 7) is 5.95. The van der Waals surface area contributed by atoms with Gasteiger partial charge in [-0.3, -0.25) is 4.99 Å². The SMILES string of the molecule is CCCCN(C)C(=NCCS(N)(=O)=O)NCC.I. The quantitative estimate of drug-likeness (QED) is 0.377. The number of nitrogens with one attached hydrogen (secondary N) is 1. The van der Waals surface area contributed by atoms with Crippen LogP contribution in [0.4, 0.5) is 0 Å². The van der Waals surface area contributed by atoms with E-state index in [1.165, 1.54) is 0 Å². The van der Waals surface area contributed by atoms with Crippen molar-refractivity contribution in [3.05, 3.63) is 0 Å². The number of aliphatic imine (C=N–C) groups is 1. The van der Waals surface area contributed by atoms with E-state index in [2.05, 4.69) is 17.2 Å². The fourth-order valence-electron chi connectivity index (χ4n) is 1.25. The lowest BCUT2D eigenvalue weighted by atomic mass is 10.3. The van der Waals surface area contributed by atoms with Crippen molar-refractivity contribution in [3.8, 4) is 0 Å². The number of rotatable bonds is 7. The second-order valence-electron chi connectivity index (χ2n) is 3.88. The van der Waals surface area contributed by atoms with Gasteiger partial charge < -0.3 is 10.2 Å². The highest BCUT2D eigenvalue weighted by atomic mass is 127. The first-order valence-corrected chi connectivity index (χ1v) is 7.62. The van der Waals surface area contributed by atoms with E-state index in [1.807, 2.05) is 18.9 Å². The molecule has 0 saturated carbocycles. The predicted octanol–water partition coefficient (Wildman–Crippen LogP) is 0.590. The van der Waals surface area contributed by atoms with Gasteiger partial charge in [0.25, 0.3) is 0 Å². The van der Waals surface area contributed by atoms with Gasteiger partial charge in [-0.05, 0) is 13.3 Å². The summed E-state index contributed by atoms with van der Waals surface area (Å²) in [7, 11) is -1.49. The maximum Gasteiger partial charge on any atom is 0.210 e. The fourth-order valence-corrected chi connectivity index (χ4v) is 1.60. The van der Waals surface area contributed by atoms with Crippen LogP contribution in [0.3, 0.4) is 0 Å². The summed E-state index contributed by atoms with van der Waals surface area (Å²) in [6, 6.07) is 0. The normalized spacial score (nSPS) is 11.9. The number of hydrogen-bond donors (Lipinski definition) is 2. The van der Waals surface area contributed by atoms with Crippen LogP contribution >= 0.6 is 24.0 Å². The van der Waals surface area contributed by atoms with E-state index >= 15 is 0 Å². The third-order valence-corrected chi connectivity index (χ3v) is 2.93. The summed E-state index contributed by atoms with van der Waals surface area (Å²) in [5, 5.41) is 8.04. The molecule has 0 aliphatic carbocycles. The maximum absolute atomic E-state index is 10.8. The van der Waals surface area contributed by atoms with Gasteiger partial charge in [-0.1, -0.05) is 13.3 Å². The van der Waals surface area contributed by atoms with Crippen molar-refractivity contribution in [2.45, 2.75) is 26.7 Å². The maximum atomic E-state index is 10.8. The van der Waals surface area contributed by atoms with Crippen LogP contribution in [0.15, 0.2) is 4.99 Å². The molecule has 0 aliphatic heterocycles. The highest BCUT2D eigenvalue weighted by molar-refractivity contribution is 14.0. The molecular weight excluding hydrogens is 367 g/mol. The summed E-state index contributed by atoms with van der Waals surface area (Å²) in [5.74, 6) is 0.605. The summed E-state index contributed by atoms with van der Waals surface area (Å²) in [5.41, 5.74) is 0. The number of sulfonamides is 1. The van der Waals surface area contributed by atoms with Gasteiger partial charge in [-0.25, -0.2) is 13.6 Å². The van der Waals surface area contributed by atoms with Gasteiger partial charge in [-0.15, -0.1) is 24.0 Å². The van der Waals surface area contributed by atoms with E-state index in [9.17, 15) is 8.42 Å². The van der Waals surface area contributed by atoms with Crippen LogP contribution in [0.1, 0.15) is 26.7 Å². The van der Waals surface area contributed by atoms with Crippen LogP contribution < -0.4 is 10.5 Å². The molecule has 110 valence electrons. The smallest absolute Gasteiger partial charge is 0.210 e. The van der Waals surface area contributed by atoms with Crippen molar-refractivity contribution >= 4 is 40.0 Å². The van der Waals surface area contributed by atoms with Crippen molar-refractivity contribution < 1.29 is 8.42 Å². The molecule has 0 rings (SSSR count). The zero-order valence-corrected chi connectivity index (χ0v) is 14.5. The molecular formula is C10H25IN4O2S. The summed E-state index contributed by atoms with van der Waals surface area (Å²) >= 11 is 0. The lowest BCUT2D eigenvalue weighted by molar-refractivity contribution is 0.465. The molecule has 0 aromatic rings. The predicted molar refractivity (Wildman–Crippen MR) is 86.9 cm³/mol. The Labute approximate surface area is 127 Å². The van der Waals surface area contributed by atoms with Crippen LogP contribution in [0.5, 0.6) is 0 Å². The van der Waals surface area contributed by atoms with Gasteiger partial charge in [0, 0.05) is 20.1 Å². The van der Waals surface area contributed by atoms with E-state index in [-0.39, 0.29) is 36.3 Å². The van der Waals surface area contributed by atoms with Gasteiger partial charge in [0.1, 0.15) is 0 Å². The number of nitrogens with zero attached hydrogens (tertiary/aromatic N) is 2. The molecule has 0 heterocycles. The van der Waals surface area contributed by atoms with Gasteiger partial charge >= 0.3 is 0 Å². The Morgan fingerprint density at radius 1 is 1.39 bits per heavy atom. The fraction of sp³-hybridized carbons (Fsp3) is 0.900. The third kappa shape index (κ3) is 11.0. The van der Waals surface area contributed by atoms with Crippen LogP contribution in [-0.2, 0) is 10.0 Å². The molecule has 0 saturated heterocycles. The number of halogens is 1. The Balaban J connectivity index is 0. The minimum atomic E-state index is -3.43. The van der Waals surface area contributed by atoms with Crippen LogP contribution in [-0.4, -0.2) is 51.7 Å². The third-order valence-electron chi connectivity index (χ3n) is 2.18. The van der Waals surface area contributed by atoms with Gasteiger partial charge in [0.2, 0.25) is 10.0 Å². The highest BCUT2D eigenvalue weighted by Gasteiger charge is 2.06. The summed E-state index contributed by atoms with van der Waals surface area (Å²) < 4.78 is 21.6. The minimum Gasteiger partial charge on any atom is -0.357 e. The van der Waals surface area contributed by atoms with E-state index in [4.69, 9.17) is 5.14 Å². The van der Waals surface area contributed by atoms with Crippen molar-refractivity contribution in [2.24, 2.45) is 10.1 Å². The van der Waals surface area contributed by atoms with Crippen LogP contribution in [0.25, 0.3) is 0 Å². The minimum absolute atomic E-state index is 0. The summed E-state index contributed by atoms with van der Waals surface area (Å²) in [6.07, 6.45) is 2.19. The molecule has 0 atom stereocenters. The number of hydrogen-bond acceptors (Lipinski definition) is 3. The van der Waals surface area contributed by atoms with E-state index in [0.717, 1.165) is 31.9 Å². The number of unbranched alkanes of at least 4 members (excludes halogenated alkanes) is 1. The molecule has 3 N–H and O–H groups in total. The van der Waals surface area contributed by atoms with Gasteiger partial charge in [0.05, 0.1) is 12.3 Å². The van der Waals surface area contributed by atoms with Crippen molar-refractivity contribution in [1.82, 2.24) is 10.2 Å².